The van der Waals surface area contributed by atoms with Crippen LogP contribution >= 0.6 is 0 Å². The number of hydrogen-bond acceptors (Lipinski definition) is 4. The van der Waals surface area contributed by atoms with Crippen molar-refractivity contribution in [1.82, 2.24) is 10.0 Å². The molecule has 0 saturated carbocycles. The molecule has 0 bridgehead atoms. The van der Waals surface area contributed by atoms with Gasteiger partial charge in [-0.3, -0.25) is 0 Å². The lowest BCUT2D eigenvalue weighted by Crippen LogP contribution is -2.38. The smallest absolute Gasteiger partial charge is 0.312 e. The molecule has 0 unspecified atom stereocenters. The molecule has 2 amide bonds. The molecular weight excluding hydrogens is 196 g/mol. The lowest BCUT2D eigenvalue weighted by molar-refractivity contribution is 0.249. The molecule has 6 N–H and O–H groups in total. The maximum absolute atomic E-state index is 10.9. The molecule has 78 valence electrons. The molecule has 0 spiro atoms. The number of rotatable bonds is 6. The topological polar surface area (TPSA) is 127 Å². The highest BCUT2D eigenvalue weighted by atomic mass is 32.2. The van der Waals surface area contributed by atoms with E-state index in [2.05, 4.69) is 10.0 Å². The van der Waals surface area contributed by atoms with Crippen molar-refractivity contribution >= 4 is 16.1 Å². The van der Waals surface area contributed by atoms with Crippen molar-refractivity contribution in [2.45, 2.75) is 0 Å². The van der Waals surface area contributed by atoms with E-state index in [0.29, 0.717) is 0 Å². The van der Waals surface area contributed by atoms with Gasteiger partial charge in [-0.25, -0.2) is 17.9 Å². The predicted octanol–water partition coefficient (Wildman–Crippen LogP) is -2.47. The first kappa shape index (κ1) is 12.1. The zero-order valence-electron chi connectivity index (χ0n) is 7.12. The normalized spacial score (nSPS) is 11.2. The fourth-order valence-corrected chi connectivity index (χ4v) is 1.49. The van der Waals surface area contributed by atoms with Gasteiger partial charge in [0.2, 0.25) is 10.0 Å². The SMILES string of the molecule is NCCS(=O)(=O)NCCNC(N)=O. The highest BCUT2D eigenvalue weighted by Crippen LogP contribution is 1.79. The number of urea groups is 1. The first-order valence-corrected chi connectivity index (χ1v) is 5.34. The Kier molecular flexibility index (Phi) is 5.35. The van der Waals surface area contributed by atoms with Gasteiger partial charge in [0.25, 0.3) is 0 Å². The molecule has 8 heteroatoms. The first-order valence-electron chi connectivity index (χ1n) is 3.68. The van der Waals surface area contributed by atoms with Crippen molar-refractivity contribution in [3.05, 3.63) is 0 Å². The third-order valence-electron chi connectivity index (χ3n) is 1.13. The summed E-state index contributed by atoms with van der Waals surface area (Å²) in [5.74, 6) is -0.121. The molecule has 0 aliphatic heterocycles. The molecule has 7 nitrogen and oxygen atoms in total. The molecule has 0 heterocycles. The summed E-state index contributed by atoms with van der Waals surface area (Å²) in [7, 11) is -3.30. The zero-order valence-corrected chi connectivity index (χ0v) is 7.93. The standard InChI is InChI=1S/C5H14N4O3S/c6-1-4-13(11,12)9-3-2-8-5(7)10/h9H,1-4,6H2,(H3,7,8,10). The number of sulfonamides is 1. The third kappa shape index (κ3) is 7.50. The number of carbonyl (C=O) groups excluding carboxylic acids is 1. The van der Waals surface area contributed by atoms with Crippen molar-refractivity contribution in [3.63, 3.8) is 0 Å². The fourth-order valence-electron chi connectivity index (χ4n) is 0.620. The highest BCUT2D eigenvalue weighted by Gasteiger charge is 2.06. The summed E-state index contributed by atoms with van der Waals surface area (Å²) in [6, 6.07) is -0.682. The molecule has 0 atom stereocenters. The third-order valence-corrected chi connectivity index (χ3v) is 2.55. The van der Waals surface area contributed by atoms with Crippen LogP contribution in [0.15, 0.2) is 0 Å². The first-order chi connectivity index (χ1) is 5.98. The van der Waals surface area contributed by atoms with Crippen LogP contribution < -0.4 is 21.5 Å². The molecule has 0 aliphatic carbocycles. The summed E-state index contributed by atoms with van der Waals surface area (Å²) >= 11 is 0. The van der Waals surface area contributed by atoms with Gasteiger partial charge >= 0.3 is 6.03 Å². The summed E-state index contributed by atoms with van der Waals surface area (Å²) in [6.45, 7) is 0.350. The van der Waals surface area contributed by atoms with Gasteiger partial charge in [-0.15, -0.1) is 0 Å². The van der Waals surface area contributed by atoms with Gasteiger partial charge in [0.1, 0.15) is 0 Å². The van der Waals surface area contributed by atoms with Gasteiger partial charge in [0.15, 0.2) is 0 Å². The van der Waals surface area contributed by atoms with Crippen LogP contribution in [0.2, 0.25) is 0 Å². The molecule has 0 aromatic carbocycles. The van der Waals surface area contributed by atoms with Crippen molar-refractivity contribution in [1.29, 1.82) is 0 Å². The summed E-state index contributed by atoms with van der Waals surface area (Å²) in [5.41, 5.74) is 9.81. The quantitative estimate of drug-likeness (QED) is 0.362. The second kappa shape index (κ2) is 5.73. The van der Waals surface area contributed by atoms with E-state index >= 15 is 0 Å². The van der Waals surface area contributed by atoms with Crippen molar-refractivity contribution in [2.24, 2.45) is 11.5 Å². The summed E-state index contributed by atoms with van der Waals surface area (Å²) in [6.07, 6.45) is 0. The maximum atomic E-state index is 10.9. The lowest BCUT2D eigenvalue weighted by atomic mass is 10.6. The number of primary amides is 1. The highest BCUT2D eigenvalue weighted by molar-refractivity contribution is 7.89. The summed E-state index contributed by atoms with van der Waals surface area (Å²) < 4.78 is 24.1. The average Bonchev–Trinajstić information content (AvgIpc) is 1.98. The van der Waals surface area contributed by atoms with Crippen molar-refractivity contribution in [3.8, 4) is 0 Å². The van der Waals surface area contributed by atoms with Gasteiger partial charge in [-0.05, 0) is 0 Å². The molecule has 0 rings (SSSR count). The minimum absolute atomic E-state index is 0.0680. The lowest BCUT2D eigenvalue weighted by Gasteiger charge is -2.04. The van der Waals surface area contributed by atoms with Crippen LogP contribution in [0.5, 0.6) is 0 Å². The van der Waals surface area contributed by atoms with E-state index in [-0.39, 0.29) is 25.4 Å². The number of amides is 2. The van der Waals surface area contributed by atoms with E-state index < -0.39 is 16.1 Å². The van der Waals surface area contributed by atoms with Crippen LogP contribution in [-0.2, 0) is 10.0 Å². The molecule has 0 radical (unpaired) electrons. The number of hydrogen-bond donors (Lipinski definition) is 4. The Bertz CT molecular complexity index is 251. The van der Waals surface area contributed by atoms with E-state index in [0.717, 1.165) is 0 Å². The maximum Gasteiger partial charge on any atom is 0.312 e. The van der Waals surface area contributed by atoms with Gasteiger partial charge in [-0.1, -0.05) is 0 Å². The number of nitrogens with two attached hydrogens (primary N) is 2. The van der Waals surface area contributed by atoms with Crippen molar-refractivity contribution < 1.29 is 13.2 Å². The number of nitrogens with one attached hydrogen (secondary N) is 2. The molecule has 0 saturated heterocycles. The monoisotopic (exact) mass is 210 g/mol. The van der Waals surface area contributed by atoms with Crippen LogP contribution in [0.4, 0.5) is 4.79 Å². The molecule has 0 aromatic heterocycles. The Hall–Kier alpha value is -0.860. The van der Waals surface area contributed by atoms with E-state index in [1.54, 1.807) is 0 Å². The van der Waals surface area contributed by atoms with Crippen LogP contribution in [0.1, 0.15) is 0 Å². The van der Waals surface area contributed by atoms with Crippen molar-refractivity contribution in [2.75, 3.05) is 25.4 Å². The average molecular weight is 210 g/mol. The second-order valence-electron chi connectivity index (χ2n) is 2.29. The van der Waals surface area contributed by atoms with Gasteiger partial charge in [0.05, 0.1) is 5.75 Å². The van der Waals surface area contributed by atoms with Gasteiger partial charge < -0.3 is 16.8 Å². The Morgan fingerprint density at radius 3 is 2.38 bits per heavy atom. The van der Waals surface area contributed by atoms with Gasteiger partial charge in [-0.2, -0.15) is 0 Å². The van der Waals surface area contributed by atoms with Crippen LogP contribution in [0.25, 0.3) is 0 Å². The molecule has 0 aliphatic rings. The van der Waals surface area contributed by atoms with Crippen LogP contribution in [0.3, 0.4) is 0 Å². The van der Waals surface area contributed by atoms with Crippen LogP contribution in [0, 0.1) is 0 Å². The molecule has 0 fully saturated rings. The molecule has 13 heavy (non-hydrogen) atoms. The predicted molar refractivity (Wildman–Crippen MR) is 48.4 cm³/mol. The zero-order chi connectivity index (χ0) is 10.3. The van der Waals surface area contributed by atoms with E-state index in [1.165, 1.54) is 0 Å². The minimum Gasteiger partial charge on any atom is -0.352 e. The van der Waals surface area contributed by atoms with Gasteiger partial charge in [0, 0.05) is 19.6 Å². The minimum atomic E-state index is -3.30. The Morgan fingerprint density at radius 2 is 1.92 bits per heavy atom. The summed E-state index contributed by atoms with van der Waals surface area (Å²) in [5, 5.41) is 2.24. The van der Waals surface area contributed by atoms with Crippen LogP contribution in [-0.4, -0.2) is 39.8 Å². The Morgan fingerprint density at radius 1 is 1.31 bits per heavy atom. The molecule has 0 aromatic rings. The van der Waals surface area contributed by atoms with E-state index in [1.807, 2.05) is 0 Å². The molecular formula is C5H14N4O3S. The second-order valence-corrected chi connectivity index (χ2v) is 4.22. The fraction of sp³-hybridized carbons (Fsp3) is 0.800. The largest absolute Gasteiger partial charge is 0.352 e. The number of carbonyl (C=O) groups is 1. The summed E-state index contributed by atoms with van der Waals surface area (Å²) in [4.78, 5) is 10.2. The Balaban J connectivity index is 3.58. The van der Waals surface area contributed by atoms with E-state index in [4.69, 9.17) is 11.5 Å². The Labute approximate surface area is 76.9 Å². The van der Waals surface area contributed by atoms with E-state index in [9.17, 15) is 13.2 Å².